The average Bonchev–Trinajstić information content (AvgIpc) is 2.45. The molecule has 0 amide bonds. The van der Waals surface area contributed by atoms with Gasteiger partial charge >= 0.3 is 5.97 Å². The Hall–Kier alpha value is -2.69. The Balaban J connectivity index is 2.00. The highest BCUT2D eigenvalue weighted by Crippen LogP contribution is 2.13. The number of halogens is 1. The van der Waals surface area contributed by atoms with Gasteiger partial charge in [-0.15, -0.1) is 0 Å². The molecule has 0 heterocycles. The highest BCUT2D eigenvalue weighted by Gasteiger charge is 2.11. The largest absolute Gasteiger partial charge is 0.485 e. The van der Waals surface area contributed by atoms with E-state index in [-0.39, 0.29) is 17.7 Å². The van der Waals surface area contributed by atoms with Gasteiger partial charge in [-0.1, -0.05) is 12.1 Å². The van der Waals surface area contributed by atoms with E-state index in [0.29, 0.717) is 5.75 Å². The van der Waals surface area contributed by atoms with Crippen LogP contribution >= 0.6 is 0 Å². The van der Waals surface area contributed by atoms with Crippen LogP contribution in [0.5, 0.6) is 5.75 Å². The highest BCUT2D eigenvalue weighted by atomic mass is 19.1. The van der Waals surface area contributed by atoms with Gasteiger partial charge in [-0.2, -0.15) is 0 Å². The van der Waals surface area contributed by atoms with Gasteiger partial charge in [0.05, 0.1) is 11.1 Å². The fraction of sp³-hybridized carbons (Fsp3) is 0.0667. The summed E-state index contributed by atoms with van der Waals surface area (Å²) in [6.45, 7) is -0.312. The molecular formula is C15H11FO4. The molecule has 0 saturated carbocycles. The molecule has 2 rings (SSSR count). The smallest absolute Gasteiger partial charge is 0.335 e. The summed E-state index contributed by atoms with van der Waals surface area (Å²) in [5, 5.41) is 8.74. The minimum atomic E-state index is -1.04. The zero-order chi connectivity index (χ0) is 14.5. The monoisotopic (exact) mass is 274 g/mol. The Kier molecular flexibility index (Phi) is 4.10. The molecule has 0 aliphatic heterocycles. The molecule has 4 nitrogen and oxygen atoms in total. The molecule has 0 atom stereocenters. The number of carbonyl (C=O) groups is 2. The molecule has 2 aromatic carbocycles. The van der Waals surface area contributed by atoms with Gasteiger partial charge < -0.3 is 9.84 Å². The van der Waals surface area contributed by atoms with Gasteiger partial charge in [0.15, 0.2) is 6.61 Å². The van der Waals surface area contributed by atoms with Crippen LogP contribution in [0.25, 0.3) is 0 Å². The van der Waals surface area contributed by atoms with Crippen molar-refractivity contribution < 1.29 is 23.8 Å². The standard InChI is InChI=1S/C15H11FO4/c16-13-4-2-1-3-12(13)14(17)9-20-11-7-5-10(6-8-11)15(18)19/h1-8H,9H2,(H,18,19). The van der Waals surface area contributed by atoms with Crippen molar-refractivity contribution in [2.75, 3.05) is 6.61 Å². The van der Waals surface area contributed by atoms with E-state index in [1.54, 1.807) is 6.07 Å². The molecule has 0 spiro atoms. The first-order valence-corrected chi connectivity index (χ1v) is 5.82. The number of hydrogen-bond donors (Lipinski definition) is 1. The zero-order valence-electron chi connectivity index (χ0n) is 10.4. The molecule has 20 heavy (non-hydrogen) atoms. The maximum Gasteiger partial charge on any atom is 0.335 e. The Morgan fingerprint density at radius 1 is 1.05 bits per heavy atom. The van der Waals surface area contributed by atoms with E-state index >= 15 is 0 Å². The molecule has 0 fully saturated rings. The Morgan fingerprint density at radius 3 is 2.30 bits per heavy atom. The van der Waals surface area contributed by atoms with E-state index in [4.69, 9.17) is 9.84 Å². The number of Topliss-reactive ketones (excluding diaryl/α,β-unsaturated/α-hetero) is 1. The summed E-state index contributed by atoms with van der Waals surface area (Å²) < 4.78 is 18.6. The second-order valence-corrected chi connectivity index (χ2v) is 4.02. The first-order valence-electron chi connectivity index (χ1n) is 5.82. The van der Waals surface area contributed by atoms with Crippen LogP contribution in [-0.2, 0) is 0 Å². The van der Waals surface area contributed by atoms with Crippen LogP contribution in [0, 0.1) is 5.82 Å². The number of ketones is 1. The minimum absolute atomic E-state index is 0.0327. The second-order valence-electron chi connectivity index (χ2n) is 4.02. The lowest BCUT2D eigenvalue weighted by Crippen LogP contribution is -2.13. The van der Waals surface area contributed by atoms with Crippen LogP contribution < -0.4 is 4.74 Å². The fourth-order valence-electron chi connectivity index (χ4n) is 1.61. The minimum Gasteiger partial charge on any atom is -0.485 e. The predicted octanol–water partition coefficient (Wildman–Crippen LogP) is 2.79. The summed E-state index contributed by atoms with van der Waals surface area (Å²) in [6.07, 6.45) is 0. The molecule has 0 bridgehead atoms. The molecule has 0 radical (unpaired) electrons. The van der Waals surface area contributed by atoms with Crippen LogP contribution in [-0.4, -0.2) is 23.5 Å². The maximum atomic E-state index is 13.4. The molecule has 0 aromatic heterocycles. The summed E-state index contributed by atoms with van der Waals surface area (Å²) in [5.74, 6) is -1.77. The van der Waals surface area contributed by atoms with E-state index in [2.05, 4.69) is 0 Å². The van der Waals surface area contributed by atoms with Gasteiger partial charge in [-0.25, -0.2) is 9.18 Å². The predicted molar refractivity (Wildman–Crippen MR) is 69.6 cm³/mol. The number of benzene rings is 2. The molecule has 0 aliphatic carbocycles. The summed E-state index contributed by atoms with van der Waals surface area (Å²) >= 11 is 0. The van der Waals surface area contributed by atoms with Gasteiger partial charge in [0, 0.05) is 0 Å². The third-order valence-corrected chi connectivity index (χ3v) is 2.65. The van der Waals surface area contributed by atoms with E-state index in [0.717, 1.165) is 0 Å². The zero-order valence-corrected chi connectivity index (χ0v) is 10.4. The van der Waals surface area contributed by atoms with E-state index in [1.165, 1.54) is 42.5 Å². The average molecular weight is 274 g/mol. The Morgan fingerprint density at radius 2 is 1.70 bits per heavy atom. The lowest BCUT2D eigenvalue weighted by molar-refractivity contribution is 0.0696. The van der Waals surface area contributed by atoms with Crippen molar-refractivity contribution in [3.63, 3.8) is 0 Å². The van der Waals surface area contributed by atoms with Crippen LogP contribution in [0.3, 0.4) is 0 Å². The Bertz CT molecular complexity index is 635. The van der Waals surface area contributed by atoms with Crippen molar-refractivity contribution in [3.05, 3.63) is 65.5 Å². The van der Waals surface area contributed by atoms with Crippen LogP contribution in [0.1, 0.15) is 20.7 Å². The summed E-state index contributed by atoms with van der Waals surface area (Å²) in [4.78, 5) is 22.4. The van der Waals surface area contributed by atoms with E-state index in [1.807, 2.05) is 0 Å². The van der Waals surface area contributed by atoms with Crippen LogP contribution in [0.15, 0.2) is 48.5 Å². The van der Waals surface area contributed by atoms with Crippen LogP contribution in [0.4, 0.5) is 4.39 Å². The summed E-state index contributed by atoms with van der Waals surface area (Å²) in [5.41, 5.74) is 0.0902. The van der Waals surface area contributed by atoms with Crippen molar-refractivity contribution in [3.8, 4) is 5.75 Å². The molecular weight excluding hydrogens is 263 g/mol. The van der Waals surface area contributed by atoms with Gasteiger partial charge in [-0.3, -0.25) is 4.79 Å². The quantitative estimate of drug-likeness (QED) is 0.851. The number of carbonyl (C=O) groups excluding carboxylic acids is 1. The van der Waals surface area contributed by atoms with E-state index in [9.17, 15) is 14.0 Å². The number of ether oxygens (including phenoxy) is 1. The van der Waals surface area contributed by atoms with E-state index < -0.39 is 17.6 Å². The summed E-state index contributed by atoms with van der Waals surface area (Å²) in [6, 6.07) is 11.3. The van der Waals surface area contributed by atoms with Crippen LogP contribution in [0.2, 0.25) is 0 Å². The number of aromatic carboxylic acids is 1. The van der Waals surface area contributed by atoms with Crippen molar-refractivity contribution in [1.82, 2.24) is 0 Å². The number of rotatable bonds is 5. The number of carboxylic acids is 1. The number of hydrogen-bond acceptors (Lipinski definition) is 3. The SMILES string of the molecule is O=C(O)c1ccc(OCC(=O)c2ccccc2F)cc1. The van der Waals surface area contributed by atoms with Crippen molar-refractivity contribution in [2.45, 2.75) is 0 Å². The molecule has 2 aromatic rings. The lowest BCUT2D eigenvalue weighted by Gasteiger charge is -2.06. The van der Waals surface area contributed by atoms with Gasteiger partial charge in [0.2, 0.25) is 5.78 Å². The summed E-state index contributed by atoms with van der Waals surface area (Å²) in [7, 11) is 0. The molecule has 5 heteroatoms. The topological polar surface area (TPSA) is 63.6 Å². The molecule has 0 saturated heterocycles. The molecule has 0 aliphatic rings. The first kappa shape index (κ1) is 13.7. The van der Waals surface area contributed by atoms with Gasteiger partial charge in [0.25, 0.3) is 0 Å². The van der Waals surface area contributed by atoms with Gasteiger partial charge in [-0.05, 0) is 36.4 Å². The molecule has 102 valence electrons. The fourth-order valence-corrected chi connectivity index (χ4v) is 1.61. The van der Waals surface area contributed by atoms with Gasteiger partial charge in [0.1, 0.15) is 11.6 Å². The normalized spacial score (nSPS) is 10.1. The van der Waals surface area contributed by atoms with Crippen molar-refractivity contribution in [1.29, 1.82) is 0 Å². The highest BCUT2D eigenvalue weighted by molar-refractivity contribution is 5.97. The van der Waals surface area contributed by atoms with Crippen molar-refractivity contribution in [2.24, 2.45) is 0 Å². The third-order valence-electron chi connectivity index (χ3n) is 2.65. The second kappa shape index (κ2) is 5.97. The molecule has 1 N–H and O–H groups in total. The van der Waals surface area contributed by atoms with Crippen molar-refractivity contribution >= 4 is 11.8 Å². The Labute approximate surface area is 114 Å². The lowest BCUT2D eigenvalue weighted by atomic mass is 10.1. The number of carboxylic acid groups (broad SMARTS) is 1. The molecule has 0 unspecified atom stereocenters. The maximum absolute atomic E-state index is 13.4. The third kappa shape index (κ3) is 3.20. The first-order chi connectivity index (χ1) is 9.58.